The first-order valence-corrected chi connectivity index (χ1v) is 12.2. The van der Waals surface area contributed by atoms with E-state index in [9.17, 15) is 10.1 Å². The second-order valence-electron chi connectivity index (χ2n) is 9.52. The zero-order valence-corrected chi connectivity index (χ0v) is 19.9. The van der Waals surface area contributed by atoms with Crippen LogP contribution >= 0.6 is 0 Å². The number of nitriles is 1. The van der Waals surface area contributed by atoms with Gasteiger partial charge in [-0.2, -0.15) is 5.26 Å². The lowest BCUT2D eigenvalue weighted by Gasteiger charge is -2.09. The number of carbonyl (C=O) groups is 1. The monoisotopic (exact) mass is 478 g/mol. The van der Waals surface area contributed by atoms with E-state index < -0.39 is 0 Å². The average molecular weight is 479 g/mol. The fourth-order valence-corrected chi connectivity index (χ4v) is 4.73. The zero-order chi connectivity index (χ0) is 24.6. The number of nitrogens with one attached hydrogen (secondary N) is 2. The number of imidazole rings is 1. The molecule has 8 heteroatoms. The molecule has 3 aromatic heterocycles. The van der Waals surface area contributed by atoms with Gasteiger partial charge in [0.05, 0.1) is 31.0 Å². The fraction of sp³-hybridized carbons (Fsp3) is 0.286. The molecule has 0 spiro atoms. The number of amides is 1. The molecule has 0 saturated heterocycles. The van der Waals surface area contributed by atoms with Gasteiger partial charge in [0.2, 0.25) is 5.91 Å². The maximum absolute atomic E-state index is 12.9. The van der Waals surface area contributed by atoms with Gasteiger partial charge in [0, 0.05) is 36.3 Å². The SMILES string of the molecule is COc1ccc(C#N)c([C@H]2C[C@@H]2C(=O)Nc2cc(NCc3cn4cc(C5CC5)ccc4n3)ccn2)c1. The molecule has 4 aromatic rings. The van der Waals surface area contributed by atoms with Crippen molar-refractivity contribution in [3.8, 4) is 11.8 Å². The molecule has 0 bridgehead atoms. The molecule has 1 amide bonds. The van der Waals surface area contributed by atoms with Crippen molar-refractivity contribution in [2.24, 2.45) is 5.92 Å². The normalized spacial score (nSPS) is 18.4. The van der Waals surface area contributed by atoms with Crippen molar-refractivity contribution in [3.05, 3.63) is 83.4 Å². The van der Waals surface area contributed by atoms with Gasteiger partial charge in [0.1, 0.15) is 17.2 Å². The topological polar surface area (TPSA) is 104 Å². The van der Waals surface area contributed by atoms with Crippen molar-refractivity contribution in [3.63, 3.8) is 0 Å². The molecule has 3 heterocycles. The van der Waals surface area contributed by atoms with Crippen LogP contribution in [0, 0.1) is 17.2 Å². The highest BCUT2D eigenvalue weighted by Gasteiger charge is 2.45. The number of rotatable bonds is 8. The number of hydrogen-bond donors (Lipinski definition) is 2. The van der Waals surface area contributed by atoms with E-state index in [4.69, 9.17) is 9.72 Å². The van der Waals surface area contributed by atoms with Gasteiger partial charge in [-0.1, -0.05) is 6.07 Å². The van der Waals surface area contributed by atoms with Gasteiger partial charge in [-0.25, -0.2) is 9.97 Å². The molecular weight excluding hydrogens is 452 g/mol. The molecule has 2 N–H and O–H groups in total. The van der Waals surface area contributed by atoms with Crippen LogP contribution in [0.5, 0.6) is 5.75 Å². The Kier molecular flexibility index (Phi) is 5.53. The molecule has 2 aliphatic carbocycles. The minimum absolute atomic E-state index is 0.00605. The Bertz CT molecular complexity index is 1500. The van der Waals surface area contributed by atoms with E-state index in [1.807, 2.05) is 18.2 Å². The zero-order valence-electron chi connectivity index (χ0n) is 19.9. The maximum atomic E-state index is 12.9. The Labute approximate surface area is 209 Å². The molecule has 36 heavy (non-hydrogen) atoms. The predicted octanol–water partition coefficient (Wildman–Crippen LogP) is 4.84. The van der Waals surface area contributed by atoms with Gasteiger partial charge in [0.25, 0.3) is 0 Å². The van der Waals surface area contributed by atoms with Gasteiger partial charge in [0.15, 0.2) is 0 Å². The van der Waals surface area contributed by atoms with Crippen molar-refractivity contribution in [2.75, 3.05) is 17.7 Å². The Hall–Kier alpha value is -4.38. The summed E-state index contributed by atoms with van der Waals surface area (Å²) in [7, 11) is 1.59. The Morgan fingerprint density at radius 3 is 2.89 bits per heavy atom. The summed E-state index contributed by atoms with van der Waals surface area (Å²) in [4.78, 5) is 21.9. The first-order chi connectivity index (χ1) is 17.6. The van der Waals surface area contributed by atoms with Crippen LogP contribution in [0.15, 0.2) is 61.1 Å². The molecule has 2 fully saturated rings. The highest BCUT2D eigenvalue weighted by atomic mass is 16.5. The van der Waals surface area contributed by atoms with Crippen molar-refractivity contribution < 1.29 is 9.53 Å². The van der Waals surface area contributed by atoms with Gasteiger partial charge >= 0.3 is 0 Å². The van der Waals surface area contributed by atoms with E-state index in [1.54, 1.807) is 25.4 Å². The van der Waals surface area contributed by atoms with E-state index in [2.05, 4.69) is 50.6 Å². The minimum Gasteiger partial charge on any atom is -0.497 e. The second-order valence-corrected chi connectivity index (χ2v) is 9.52. The van der Waals surface area contributed by atoms with Gasteiger partial charge in [-0.3, -0.25) is 4.79 Å². The minimum atomic E-state index is -0.193. The third-order valence-corrected chi connectivity index (χ3v) is 6.96. The van der Waals surface area contributed by atoms with E-state index >= 15 is 0 Å². The third kappa shape index (κ3) is 4.48. The quantitative estimate of drug-likeness (QED) is 0.375. The summed E-state index contributed by atoms with van der Waals surface area (Å²) in [6.45, 7) is 0.565. The Morgan fingerprint density at radius 2 is 2.08 bits per heavy atom. The maximum Gasteiger partial charge on any atom is 0.229 e. The van der Waals surface area contributed by atoms with Crippen LogP contribution in [0.1, 0.15) is 53.5 Å². The van der Waals surface area contributed by atoms with Gasteiger partial charge in [-0.05, 0) is 72.6 Å². The molecule has 180 valence electrons. The summed E-state index contributed by atoms with van der Waals surface area (Å²) in [5, 5.41) is 15.7. The molecule has 2 aliphatic rings. The lowest BCUT2D eigenvalue weighted by Crippen LogP contribution is -2.16. The third-order valence-electron chi connectivity index (χ3n) is 6.96. The molecule has 0 unspecified atom stereocenters. The molecule has 0 radical (unpaired) electrons. The fourth-order valence-electron chi connectivity index (χ4n) is 4.73. The lowest BCUT2D eigenvalue weighted by atomic mass is 10.0. The molecule has 0 aliphatic heterocycles. The summed E-state index contributed by atoms with van der Waals surface area (Å²) in [6, 6.07) is 15.5. The first kappa shape index (κ1) is 22.1. The molecule has 1 aromatic carbocycles. The average Bonchev–Trinajstić information content (AvgIpc) is 3.83. The number of hydrogen-bond acceptors (Lipinski definition) is 6. The van der Waals surface area contributed by atoms with Crippen molar-refractivity contribution in [1.82, 2.24) is 14.4 Å². The number of ether oxygens (including phenoxy) is 1. The van der Waals surface area contributed by atoms with E-state index in [0.29, 0.717) is 36.0 Å². The van der Waals surface area contributed by atoms with E-state index in [0.717, 1.165) is 22.6 Å². The summed E-state index contributed by atoms with van der Waals surface area (Å²) < 4.78 is 7.39. The van der Waals surface area contributed by atoms with Crippen LogP contribution in [0.4, 0.5) is 11.5 Å². The number of pyridine rings is 2. The predicted molar refractivity (Wildman–Crippen MR) is 136 cm³/mol. The summed E-state index contributed by atoms with van der Waals surface area (Å²) >= 11 is 0. The van der Waals surface area contributed by atoms with Crippen LogP contribution < -0.4 is 15.4 Å². The molecule has 2 atom stereocenters. The number of aromatic nitrogens is 3. The second kappa shape index (κ2) is 9.00. The highest BCUT2D eigenvalue weighted by Crippen LogP contribution is 2.49. The molecule has 8 nitrogen and oxygen atoms in total. The molecule has 2 saturated carbocycles. The summed E-state index contributed by atoms with van der Waals surface area (Å²) in [5.41, 5.74) is 5.55. The smallest absolute Gasteiger partial charge is 0.229 e. The van der Waals surface area contributed by atoms with Gasteiger partial charge < -0.3 is 19.8 Å². The van der Waals surface area contributed by atoms with Crippen LogP contribution in [-0.4, -0.2) is 27.4 Å². The number of benzene rings is 1. The van der Waals surface area contributed by atoms with Crippen molar-refractivity contribution in [1.29, 1.82) is 5.26 Å². The van der Waals surface area contributed by atoms with E-state index in [-0.39, 0.29) is 17.7 Å². The molecule has 6 rings (SSSR count). The number of anilines is 2. The number of fused-ring (bicyclic) bond motifs is 1. The summed E-state index contributed by atoms with van der Waals surface area (Å²) in [5.74, 6) is 1.60. The highest BCUT2D eigenvalue weighted by molar-refractivity contribution is 5.95. The van der Waals surface area contributed by atoms with Crippen LogP contribution in [0.25, 0.3) is 5.65 Å². The van der Waals surface area contributed by atoms with Crippen LogP contribution in [-0.2, 0) is 11.3 Å². The standard InChI is InChI=1S/C28H26N6O2/c1-36-22-6-4-18(13-29)23(11-22)24-12-25(24)28(35)33-26-10-20(8-9-30-26)31-14-21-16-34-15-19(17-2-3-17)5-7-27(34)32-21/h4-11,15-17,24-25H,2-3,12,14H2,1H3,(H2,30,31,33,35)/t24-,25+/m1/s1. The number of nitrogens with zero attached hydrogens (tertiary/aromatic N) is 4. The van der Waals surface area contributed by atoms with Gasteiger partial charge in [-0.15, -0.1) is 0 Å². The lowest BCUT2D eigenvalue weighted by molar-refractivity contribution is -0.117. The van der Waals surface area contributed by atoms with Crippen LogP contribution in [0.3, 0.4) is 0 Å². The largest absolute Gasteiger partial charge is 0.497 e. The van der Waals surface area contributed by atoms with E-state index in [1.165, 1.54) is 18.4 Å². The van der Waals surface area contributed by atoms with Crippen molar-refractivity contribution in [2.45, 2.75) is 37.6 Å². The molecular formula is C28H26N6O2. The number of methoxy groups -OCH3 is 1. The Balaban J connectivity index is 1.09. The van der Waals surface area contributed by atoms with Crippen molar-refractivity contribution >= 4 is 23.1 Å². The first-order valence-electron chi connectivity index (χ1n) is 12.2. The number of carbonyl (C=O) groups excluding carboxylic acids is 1. The summed E-state index contributed by atoms with van der Waals surface area (Å²) in [6.07, 6.45) is 9.16. The van der Waals surface area contributed by atoms with Crippen LogP contribution in [0.2, 0.25) is 0 Å². The Morgan fingerprint density at radius 1 is 1.19 bits per heavy atom.